The number of aliphatic hydroxyl groups is 1. The average molecular weight is 256 g/mol. The molecule has 2 rings (SSSR count). The van der Waals surface area contributed by atoms with E-state index in [9.17, 15) is 5.11 Å². The van der Waals surface area contributed by atoms with Gasteiger partial charge in [0, 0.05) is 11.6 Å². The van der Waals surface area contributed by atoms with Crippen molar-refractivity contribution < 1.29 is 9.84 Å². The molecule has 1 saturated carbocycles. The minimum atomic E-state index is -0.681. The van der Waals surface area contributed by atoms with Crippen LogP contribution in [-0.2, 0) is 0 Å². The second-order valence-corrected chi connectivity index (χ2v) is 5.02. The van der Waals surface area contributed by atoms with Crippen molar-refractivity contribution >= 4 is 11.6 Å². The van der Waals surface area contributed by atoms with E-state index >= 15 is 0 Å². The van der Waals surface area contributed by atoms with Gasteiger partial charge in [-0.1, -0.05) is 18.0 Å². The molecular weight excluding hydrogens is 238 g/mol. The summed E-state index contributed by atoms with van der Waals surface area (Å²) in [5, 5.41) is 10.2. The molecule has 0 amide bonds. The summed E-state index contributed by atoms with van der Waals surface area (Å²) >= 11 is 5.98. The van der Waals surface area contributed by atoms with Crippen LogP contribution in [0.1, 0.15) is 30.9 Å². The molecule has 0 spiro atoms. The van der Waals surface area contributed by atoms with Gasteiger partial charge in [-0.05, 0) is 42.5 Å². The highest BCUT2D eigenvalue weighted by atomic mass is 35.5. The van der Waals surface area contributed by atoms with Gasteiger partial charge in [0.25, 0.3) is 0 Å². The maximum absolute atomic E-state index is 9.67. The van der Waals surface area contributed by atoms with Crippen molar-refractivity contribution in [3.05, 3.63) is 28.8 Å². The zero-order valence-electron chi connectivity index (χ0n) is 9.73. The Morgan fingerprint density at radius 1 is 1.41 bits per heavy atom. The highest BCUT2D eigenvalue weighted by molar-refractivity contribution is 6.30. The molecule has 1 fully saturated rings. The van der Waals surface area contributed by atoms with E-state index in [4.69, 9.17) is 22.1 Å². The molecule has 1 aromatic rings. The van der Waals surface area contributed by atoms with Gasteiger partial charge in [-0.3, -0.25) is 0 Å². The van der Waals surface area contributed by atoms with Crippen molar-refractivity contribution in [1.29, 1.82) is 0 Å². The zero-order chi connectivity index (χ0) is 12.3. The van der Waals surface area contributed by atoms with Gasteiger partial charge in [0.1, 0.15) is 5.75 Å². The molecule has 1 atom stereocenters. The Labute approximate surface area is 107 Å². The Balaban J connectivity index is 2.02. The van der Waals surface area contributed by atoms with Crippen LogP contribution in [0.3, 0.4) is 0 Å². The Morgan fingerprint density at radius 2 is 2.18 bits per heavy atom. The van der Waals surface area contributed by atoms with Crippen LogP contribution in [-0.4, -0.2) is 18.3 Å². The van der Waals surface area contributed by atoms with Crippen LogP contribution in [0.15, 0.2) is 18.2 Å². The van der Waals surface area contributed by atoms with Crippen LogP contribution < -0.4 is 10.5 Å². The quantitative estimate of drug-likeness (QED) is 0.850. The fraction of sp³-hybridized carbons (Fsp3) is 0.538. The van der Waals surface area contributed by atoms with Crippen molar-refractivity contribution in [2.45, 2.75) is 25.4 Å². The smallest absolute Gasteiger partial charge is 0.121 e. The van der Waals surface area contributed by atoms with Gasteiger partial charge >= 0.3 is 0 Å². The van der Waals surface area contributed by atoms with E-state index in [2.05, 4.69) is 0 Å². The van der Waals surface area contributed by atoms with Crippen LogP contribution in [0.2, 0.25) is 5.02 Å². The number of hydrogen-bond acceptors (Lipinski definition) is 3. The molecule has 0 aromatic heterocycles. The van der Waals surface area contributed by atoms with E-state index in [1.54, 1.807) is 12.1 Å². The van der Waals surface area contributed by atoms with Crippen LogP contribution >= 0.6 is 11.6 Å². The van der Waals surface area contributed by atoms with Crippen molar-refractivity contribution in [1.82, 2.24) is 0 Å². The molecule has 1 aliphatic carbocycles. The number of ether oxygens (including phenoxy) is 1. The molecule has 3 nitrogen and oxygen atoms in total. The Morgan fingerprint density at radius 3 is 2.76 bits per heavy atom. The lowest BCUT2D eigenvalue weighted by atomic mass is 9.86. The number of benzene rings is 1. The number of hydrogen-bond donors (Lipinski definition) is 2. The van der Waals surface area contributed by atoms with Gasteiger partial charge in [0.05, 0.1) is 12.7 Å². The molecule has 94 valence electrons. The highest BCUT2D eigenvalue weighted by Gasteiger charge is 2.18. The summed E-state index contributed by atoms with van der Waals surface area (Å²) < 4.78 is 5.69. The Bertz CT molecular complexity index is 380. The van der Waals surface area contributed by atoms with Crippen LogP contribution in [0.25, 0.3) is 0 Å². The van der Waals surface area contributed by atoms with E-state index in [-0.39, 0.29) is 6.54 Å². The van der Waals surface area contributed by atoms with Crippen molar-refractivity contribution in [3.8, 4) is 5.75 Å². The minimum absolute atomic E-state index is 0.183. The predicted octanol–water partition coefficient (Wildman–Crippen LogP) is 2.51. The van der Waals surface area contributed by atoms with Gasteiger partial charge in [-0.2, -0.15) is 0 Å². The molecule has 1 unspecified atom stereocenters. The third-order valence-corrected chi connectivity index (χ3v) is 3.43. The van der Waals surface area contributed by atoms with E-state index in [1.165, 1.54) is 19.3 Å². The summed E-state index contributed by atoms with van der Waals surface area (Å²) in [6, 6.07) is 5.30. The SMILES string of the molecule is NCC(O)c1cc(Cl)cc(OCC2CCC2)c1. The second kappa shape index (κ2) is 5.71. The summed E-state index contributed by atoms with van der Waals surface area (Å²) in [6.45, 7) is 0.918. The molecule has 0 heterocycles. The predicted molar refractivity (Wildman–Crippen MR) is 68.3 cm³/mol. The topological polar surface area (TPSA) is 55.5 Å². The fourth-order valence-corrected chi connectivity index (χ4v) is 2.10. The summed E-state index contributed by atoms with van der Waals surface area (Å²) in [7, 11) is 0. The lowest BCUT2D eigenvalue weighted by molar-refractivity contribution is 0.176. The van der Waals surface area contributed by atoms with Crippen LogP contribution in [0.5, 0.6) is 5.75 Å². The first-order valence-corrected chi connectivity index (χ1v) is 6.38. The summed E-state index contributed by atoms with van der Waals surface area (Å²) in [5.41, 5.74) is 6.13. The molecule has 1 aliphatic rings. The molecule has 3 N–H and O–H groups in total. The van der Waals surface area contributed by atoms with E-state index in [1.807, 2.05) is 6.07 Å². The summed E-state index contributed by atoms with van der Waals surface area (Å²) in [6.07, 6.45) is 3.12. The maximum atomic E-state index is 9.67. The van der Waals surface area contributed by atoms with Crippen LogP contribution in [0.4, 0.5) is 0 Å². The van der Waals surface area contributed by atoms with E-state index in [0.717, 1.165) is 6.61 Å². The third-order valence-electron chi connectivity index (χ3n) is 3.21. The van der Waals surface area contributed by atoms with Crippen molar-refractivity contribution in [3.63, 3.8) is 0 Å². The monoisotopic (exact) mass is 255 g/mol. The molecule has 0 saturated heterocycles. The lowest BCUT2D eigenvalue weighted by Gasteiger charge is -2.25. The van der Waals surface area contributed by atoms with Crippen molar-refractivity contribution in [2.75, 3.05) is 13.2 Å². The first kappa shape index (κ1) is 12.7. The van der Waals surface area contributed by atoms with Gasteiger partial charge < -0.3 is 15.6 Å². The van der Waals surface area contributed by atoms with Gasteiger partial charge in [-0.25, -0.2) is 0 Å². The number of halogens is 1. The molecule has 4 heteroatoms. The van der Waals surface area contributed by atoms with Gasteiger partial charge in [0.2, 0.25) is 0 Å². The van der Waals surface area contributed by atoms with E-state index in [0.29, 0.717) is 22.3 Å². The Kier molecular flexibility index (Phi) is 4.26. The second-order valence-electron chi connectivity index (χ2n) is 4.58. The molecular formula is C13H18ClNO2. The largest absolute Gasteiger partial charge is 0.493 e. The first-order valence-electron chi connectivity index (χ1n) is 6.00. The summed E-state index contributed by atoms with van der Waals surface area (Å²) in [4.78, 5) is 0. The molecule has 0 bridgehead atoms. The van der Waals surface area contributed by atoms with Gasteiger partial charge in [-0.15, -0.1) is 0 Å². The number of aliphatic hydroxyl groups excluding tert-OH is 1. The molecule has 0 radical (unpaired) electrons. The maximum Gasteiger partial charge on any atom is 0.121 e. The zero-order valence-corrected chi connectivity index (χ0v) is 10.5. The average Bonchev–Trinajstić information content (AvgIpc) is 2.25. The van der Waals surface area contributed by atoms with Gasteiger partial charge in [0.15, 0.2) is 0 Å². The standard InChI is InChI=1S/C13H18ClNO2/c14-11-4-10(13(16)7-15)5-12(6-11)17-8-9-2-1-3-9/h4-6,9,13,16H,1-3,7-8,15H2. The van der Waals surface area contributed by atoms with Crippen LogP contribution in [0, 0.1) is 5.92 Å². The number of nitrogens with two attached hydrogens (primary N) is 1. The fourth-order valence-electron chi connectivity index (χ4n) is 1.87. The number of rotatable bonds is 5. The third kappa shape index (κ3) is 3.35. The van der Waals surface area contributed by atoms with E-state index < -0.39 is 6.10 Å². The highest BCUT2D eigenvalue weighted by Crippen LogP contribution is 2.29. The molecule has 0 aliphatic heterocycles. The normalized spacial score (nSPS) is 17.6. The summed E-state index contributed by atoms with van der Waals surface area (Å²) in [5.74, 6) is 1.39. The first-order chi connectivity index (χ1) is 8.19. The molecule has 17 heavy (non-hydrogen) atoms. The Hall–Kier alpha value is -0.770. The molecule has 1 aromatic carbocycles. The van der Waals surface area contributed by atoms with Crippen molar-refractivity contribution in [2.24, 2.45) is 11.7 Å². The minimum Gasteiger partial charge on any atom is -0.493 e. The lowest BCUT2D eigenvalue weighted by Crippen LogP contribution is -2.19.